The minimum Gasteiger partial charge on any atom is -0.494 e. The molecular formula is C24H30N2OS. The lowest BCUT2D eigenvalue weighted by molar-refractivity contribution is 0.234. The standard InChI is InChI=1S/C24H30N2OS/c1-3-15-26(16-4-2)17-8-18-27-22-13-11-20(12-14-22)23-19-28-24(25-23)21-9-6-5-7-10-21/h5-7,9-14,19H,3-4,8,15-18H2,1-2H3. The Balaban J connectivity index is 1.51. The van der Waals surface area contributed by atoms with Crippen LogP contribution in [0.25, 0.3) is 21.8 Å². The van der Waals surface area contributed by atoms with E-state index >= 15 is 0 Å². The van der Waals surface area contributed by atoms with Gasteiger partial charge in [0.2, 0.25) is 0 Å². The molecule has 0 radical (unpaired) electrons. The second-order valence-electron chi connectivity index (χ2n) is 6.97. The number of nitrogens with zero attached hydrogens (tertiary/aromatic N) is 2. The van der Waals surface area contributed by atoms with Crippen LogP contribution in [0.15, 0.2) is 60.0 Å². The molecule has 3 rings (SSSR count). The summed E-state index contributed by atoms with van der Waals surface area (Å²) < 4.78 is 5.93. The van der Waals surface area contributed by atoms with E-state index in [9.17, 15) is 0 Å². The molecule has 4 heteroatoms. The summed E-state index contributed by atoms with van der Waals surface area (Å²) in [7, 11) is 0. The first-order valence-corrected chi connectivity index (χ1v) is 11.1. The predicted molar refractivity (Wildman–Crippen MR) is 120 cm³/mol. The lowest BCUT2D eigenvalue weighted by Gasteiger charge is -2.20. The SMILES string of the molecule is CCCN(CCC)CCCOc1ccc(-c2csc(-c3ccccc3)n2)cc1. The highest BCUT2D eigenvalue weighted by Gasteiger charge is 2.07. The molecule has 0 saturated carbocycles. The van der Waals surface area contributed by atoms with Crippen molar-refractivity contribution in [3.8, 4) is 27.6 Å². The summed E-state index contributed by atoms with van der Waals surface area (Å²) in [5.74, 6) is 0.930. The van der Waals surface area contributed by atoms with Crippen LogP contribution in [0.4, 0.5) is 0 Å². The van der Waals surface area contributed by atoms with E-state index < -0.39 is 0 Å². The van der Waals surface area contributed by atoms with Crippen molar-refractivity contribution in [3.63, 3.8) is 0 Å². The van der Waals surface area contributed by atoms with Gasteiger partial charge in [0.15, 0.2) is 0 Å². The molecule has 0 amide bonds. The molecule has 28 heavy (non-hydrogen) atoms. The fourth-order valence-electron chi connectivity index (χ4n) is 3.29. The number of rotatable bonds is 11. The van der Waals surface area contributed by atoms with Crippen LogP contribution in [-0.4, -0.2) is 36.1 Å². The van der Waals surface area contributed by atoms with Gasteiger partial charge in [-0.2, -0.15) is 0 Å². The molecule has 0 aliphatic rings. The fraction of sp³-hybridized carbons (Fsp3) is 0.375. The molecule has 0 aliphatic carbocycles. The Morgan fingerprint density at radius 3 is 2.25 bits per heavy atom. The van der Waals surface area contributed by atoms with E-state index in [1.807, 2.05) is 30.3 Å². The highest BCUT2D eigenvalue weighted by molar-refractivity contribution is 7.13. The molecule has 0 atom stereocenters. The number of thiazole rings is 1. The number of hydrogen-bond acceptors (Lipinski definition) is 4. The van der Waals surface area contributed by atoms with Crippen molar-refractivity contribution < 1.29 is 4.74 Å². The maximum Gasteiger partial charge on any atom is 0.124 e. The molecule has 2 aromatic carbocycles. The monoisotopic (exact) mass is 394 g/mol. The average molecular weight is 395 g/mol. The zero-order valence-corrected chi connectivity index (χ0v) is 17.8. The summed E-state index contributed by atoms with van der Waals surface area (Å²) in [6.45, 7) is 8.72. The third-order valence-electron chi connectivity index (χ3n) is 4.64. The smallest absolute Gasteiger partial charge is 0.124 e. The van der Waals surface area contributed by atoms with Crippen LogP contribution < -0.4 is 4.74 Å². The largest absolute Gasteiger partial charge is 0.494 e. The van der Waals surface area contributed by atoms with E-state index in [4.69, 9.17) is 9.72 Å². The van der Waals surface area contributed by atoms with Crippen molar-refractivity contribution in [2.75, 3.05) is 26.2 Å². The average Bonchev–Trinajstić information content (AvgIpc) is 3.23. The Morgan fingerprint density at radius 1 is 0.857 bits per heavy atom. The maximum atomic E-state index is 5.93. The third kappa shape index (κ3) is 5.91. The molecule has 1 aromatic heterocycles. The van der Waals surface area contributed by atoms with E-state index in [1.54, 1.807) is 11.3 Å². The van der Waals surface area contributed by atoms with Gasteiger partial charge in [-0.25, -0.2) is 4.98 Å². The molecule has 0 fully saturated rings. The van der Waals surface area contributed by atoms with Gasteiger partial charge < -0.3 is 9.64 Å². The Labute approximate surface area is 173 Å². The van der Waals surface area contributed by atoms with Crippen LogP contribution in [0.1, 0.15) is 33.1 Å². The van der Waals surface area contributed by atoms with Crippen LogP contribution in [0, 0.1) is 0 Å². The molecular weight excluding hydrogens is 364 g/mol. The van der Waals surface area contributed by atoms with Crippen LogP contribution in [0.2, 0.25) is 0 Å². The van der Waals surface area contributed by atoms with Gasteiger partial charge in [0.05, 0.1) is 12.3 Å². The van der Waals surface area contributed by atoms with E-state index in [2.05, 4.69) is 48.4 Å². The van der Waals surface area contributed by atoms with Crippen molar-refractivity contribution in [1.29, 1.82) is 0 Å². The van der Waals surface area contributed by atoms with E-state index in [0.717, 1.165) is 41.6 Å². The summed E-state index contributed by atoms with van der Waals surface area (Å²) in [5.41, 5.74) is 3.31. The zero-order chi connectivity index (χ0) is 19.6. The summed E-state index contributed by atoms with van der Waals surface area (Å²) in [5, 5.41) is 3.17. The normalized spacial score (nSPS) is 11.1. The van der Waals surface area contributed by atoms with Crippen LogP contribution in [0.5, 0.6) is 5.75 Å². The highest BCUT2D eigenvalue weighted by Crippen LogP contribution is 2.29. The first-order valence-electron chi connectivity index (χ1n) is 10.3. The first kappa shape index (κ1) is 20.6. The molecule has 148 valence electrons. The second kappa shape index (κ2) is 11.0. The molecule has 3 nitrogen and oxygen atoms in total. The van der Waals surface area contributed by atoms with Gasteiger partial charge in [-0.15, -0.1) is 11.3 Å². The summed E-state index contributed by atoms with van der Waals surface area (Å²) in [6.07, 6.45) is 3.49. The predicted octanol–water partition coefficient (Wildman–Crippen LogP) is 6.37. The number of ether oxygens (including phenoxy) is 1. The van der Waals surface area contributed by atoms with Crippen LogP contribution in [0.3, 0.4) is 0 Å². The van der Waals surface area contributed by atoms with Crippen LogP contribution >= 0.6 is 11.3 Å². The lowest BCUT2D eigenvalue weighted by atomic mass is 10.1. The van der Waals surface area contributed by atoms with E-state index in [1.165, 1.54) is 31.5 Å². The quantitative estimate of drug-likeness (QED) is 0.353. The minimum atomic E-state index is 0.762. The molecule has 0 saturated heterocycles. The van der Waals surface area contributed by atoms with Crippen LogP contribution in [-0.2, 0) is 0 Å². The maximum absolute atomic E-state index is 5.93. The minimum absolute atomic E-state index is 0.762. The van der Waals surface area contributed by atoms with Gasteiger partial charge in [-0.05, 0) is 56.6 Å². The number of hydrogen-bond donors (Lipinski definition) is 0. The molecule has 0 spiro atoms. The van der Waals surface area contributed by atoms with Crippen molar-refractivity contribution in [1.82, 2.24) is 9.88 Å². The summed E-state index contributed by atoms with van der Waals surface area (Å²) in [4.78, 5) is 7.31. The van der Waals surface area contributed by atoms with Crippen molar-refractivity contribution in [2.45, 2.75) is 33.1 Å². The molecule has 0 unspecified atom stereocenters. The molecule has 0 N–H and O–H groups in total. The van der Waals surface area contributed by atoms with E-state index in [0.29, 0.717) is 0 Å². The van der Waals surface area contributed by atoms with Crippen molar-refractivity contribution in [3.05, 3.63) is 60.0 Å². The molecule has 1 heterocycles. The van der Waals surface area contributed by atoms with Gasteiger partial charge in [0.25, 0.3) is 0 Å². The van der Waals surface area contributed by atoms with Crippen molar-refractivity contribution >= 4 is 11.3 Å². The van der Waals surface area contributed by atoms with Gasteiger partial charge in [0.1, 0.15) is 10.8 Å². The Bertz CT molecular complexity index is 808. The first-order chi connectivity index (χ1) is 13.8. The zero-order valence-electron chi connectivity index (χ0n) is 16.9. The Hall–Kier alpha value is -2.17. The van der Waals surface area contributed by atoms with Gasteiger partial charge >= 0.3 is 0 Å². The molecule has 0 bridgehead atoms. The Kier molecular flexibility index (Phi) is 8.07. The number of benzene rings is 2. The van der Waals surface area contributed by atoms with Gasteiger partial charge in [0, 0.05) is 23.1 Å². The highest BCUT2D eigenvalue weighted by atomic mass is 32.1. The lowest BCUT2D eigenvalue weighted by Crippen LogP contribution is -2.27. The fourth-order valence-corrected chi connectivity index (χ4v) is 4.12. The topological polar surface area (TPSA) is 25.4 Å². The summed E-state index contributed by atoms with van der Waals surface area (Å²) >= 11 is 1.68. The van der Waals surface area contributed by atoms with Crippen molar-refractivity contribution in [2.24, 2.45) is 0 Å². The summed E-state index contributed by atoms with van der Waals surface area (Å²) in [6, 6.07) is 18.6. The number of aromatic nitrogens is 1. The second-order valence-corrected chi connectivity index (χ2v) is 7.83. The third-order valence-corrected chi connectivity index (χ3v) is 5.53. The Morgan fingerprint density at radius 2 is 1.57 bits per heavy atom. The van der Waals surface area contributed by atoms with Gasteiger partial charge in [-0.3, -0.25) is 0 Å². The van der Waals surface area contributed by atoms with E-state index in [-0.39, 0.29) is 0 Å². The van der Waals surface area contributed by atoms with Gasteiger partial charge in [-0.1, -0.05) is 44.2 Å². The molecule has 0 aliphatic heterocycles. The molecule has 3 aromatic rings.